The standard InChI is InChI=1S/C32H36/c1-3-5-7-9-14-24-22-25-17-13-20-28-27-19-11-15-23-16-12-21-29(30(23)27)32(31(25)28)26(24)18-10-8-6-4-2/h11-13,15-17,19-22H,3-10,14,18H2,1-2H3. The Morgan fingerprint density at radius 2 is 1.09 bits per heavy atom. The zero-order chi connectivity index (χ0) is 21.9. The number of hydrogen-bond donors (Lipinski definition) is 0. The second kappa shape index (κ2) is 9.49. The zero-order valence-electron chi connectivity index (χ0n) is 19.8. The first-order valence-corrected chi connectivity index (χ1v) is 12.9. The van der Waals surface area contributed by atoms with E-state index in [1.807, 2.05) is 0 Å². The second-order valence-electron chi connectivity index (χ2n) is 9.62. The first-order chi connectivity index (χ1) is 15.8. The number of aryl methyl sites for hydroxylation is 2. The van der Waals surface area contributed by atoms with E-state index in [0.29, 0.717) is 0 Å². The molecule has 5 aromatic rings. The minimum Gasteiger partial charge on any atom is -0.0654 e. The molecule has 0 radical (unpaired) electrons. The molecule has 164 valence electrons. The lowest BCUT2D eigenvalue weighted by Gasteiger charge is -2.20. The summed E-state index contributed by atoms with van der Waals surface area (Å²) in [5, 5.41) is 11.6. The summed E-state index contributed by atoms with van der Waals surface area (Å²) in [5.41, 5.74) is 3.24. The smallest absolute Gasteiger partial charge is 0.00234 e. The summed E-state index contributed by atoms with van der Waals surface area (Å²) in [7, 11) is 0. The van der Waals surface area contributed by atoms with Crippen LogP contribution in [-0.2, 0) is 12.8 Å². The van der Waals surface area contributed by atoms with Crippen LogP contribution < -0.4 is 0 Å². The van der Waals surface area contributed by atoms with E-state index in [-0.39, 0.29) is 0 Å². The van der Waals surface area contributed by atoms with Gasteiger partial charge in [-0.25, -0.2) is 0 Å². The van der Waals surface area contributed by atoms with Crippen LogP contribution in [0.3, 0.4) is 0 Å². The molecule has 0 spiro atoms. The number of fused-ring (bicyclic) bond motifs is 2. The van der Waals surface area contributed by atoms with Gasteiger partial charge in [0.1, 0.15) is 0 Å². The quantitative estimate of drug-likeness (QED) is 0.120. The minimum atomic E-state index is 1.21. The van der Waals surface area contributed by atoms with E-state index >= 15 is 0 Å². The molecule has 0 bridgehead atoms. The van der Waals surface area contributed by atoms with Crippen LogP contribution >= 0.6 is 0 Å². The van der Waals surface area contributed by atoms with Crippen molar-refractivity contribution in [3.63, 3.8) is 0 Å². The van der Waals surface area contributed by atoms with E-state index in [1.165, 1.54) is 102 Å². The molecule has 0 saturated heterocycles. The third-order valence-corrected chi connectivity index (χ3v) is 7.41. The summed E-state index contributed by atoms with van der Waals surface area (Å²) >= 11 is 0. The van der Waals surface area contributed by atoms with E-state index in [0.717, 1.165) is 0 Å². The molecule has 0 aliphatic rings. The first-order valence-electron chi connectivity index (χ1n) is 12.9. The molecular formula is C32H36. The zero-order valence-corrected chi connectivity index (χ0v) is 19.8. The number of hydrogen-bond acceptors (Lipinski definition) is 0. The van der Waals surface area contributed by atoms with Crippen molar-refractivity contribution in [2.24, 2.45) is 0 Å². The van der Waals surface area contributed by atoms with Gasteiger partial charge < -0.3 is 0 Å². The molecule has 0 unspecified atom stereocenters. The van der Waals surface area contributed by atoms with Crippen LogP contribution in [0.5, 0.6) is 0 Å². The van der Waals surface area contributed by atoms with Gasteiger partial charge in [0.2, 0.25) is 0 Å². The lowest BCUT2D eigenvalue weighted by Crippen LogP contribution is -2.00. The molecule has 0 atom stereocenters. The topological polar surface area (TPSA) is 0 Å². The molecule has 0 saturated carbocycles. The highest BCUT2D eigenvalue weighted by molar-refractivity contribution is 6.33. The van der Waals surface area contributed by atoms with Gasteiger partial charge in [0.25, 0.3) is 0 Å². The van der Waals surface area contributed by atoms with Crippen LogP contribution in [-0.4, -0.2) is 0 Å². The monoisotopic (exact) mass is 420 g/mol. The van der Waals surface area contributed by atoms with Crippen molar-refractivity contribution in [2.45, 2.75) is 78.1 Å². The summed E-state index contributed by atoms with van der Waals surface area (Å²) < 4.78 is 0. The molecule has 0 fully saturated rings. The number of rotatable bonds is 10. The van der Waals surface area contributed by atoms with Crippen molar-refractivity contribution in [2.75, 3.05) is 0 Å². The Labute approximate surface area is 193 Å². The average Bonchev–Trinajstić information content (AvgIpc) is 2.83. The molecule has 0 heterocycles. The Balaban J connectivity index is 1.79. The summed E-state index contributed by atoms with van der Waals surface area (Å²) in [6.07, 6.45) is 13.0. The van der Waals surface area contributed by atoms with Crippen molar-refractivity contribution in [1.82, 2.24) is 0 Å². The average molecular weight is 421 g/mol. The lowest BCUT2D eigenvalue weighted by molar-refractivity contribution is 0.652. The predicted molar refractivity (Wildman–Crippen MR) is 143 cm³/mol. The van der Waals surface area contributed by atoms with E-state index in [2.05, 4.69) is 74.5 Å². The molecule has 0 nitrogen and oxygen atoms in total. The van der Waals surface area contributed by atoms with Gasteiger partial charge >= 0.3 is 0 Å². The third kappa shape index (κ3) is 3.75. The van der Waals surface area contributed by atoms with Crippen LogP contribution in [0.25, 0.3) is 43.1 Å². The van der Waals surface area contributed by atoms with Gasteiger partial charge in [-0.15, -0.1) is 0 Å². The SMILES string of the molecule is CCCCCCc1cc2cccc3c4cccc5cccc(c(c1CCCCCC)c23)c54. The molecule has 0 aliphatic heterocycles. The van der Waals surface area contributed by atoms with Gasteiger partial charge in [-0.05, 0) is 79.9 Å². The number of unbranched alkanes of at least 4 members (excludes halogenated alkanes) is 6. The highest BCUT2D eigenvalue weighted by Gasteiger charge is 2.18. The van der Waals surface area contributed by atoms with Gasteiger partial charge in [-0.2, -0.15) is 0 Å². The number of benzene rings is 5. The van der Waals surface area contributed by atoms with Gasteiger partial charge in [0.05, 0.1) is 0 Å². The lowest BCUT2D eigenvalue weighted by atomic mass is 9.83. The van der Waals surface area contributed by atoms with Crippen LogP contribution in [0.15, 0.2) is 60.7 Å². The molecule has 0 heteroatoms. The Kier molecular flexibility index (Phi) is 6.30. The molecule has 5 rings (SSSR count). The van der Waals surface area contributed by atoms with Gasteiger partial charge in [0.15, 0.2) is 0 Å². The summed E-state index contributed by atoms with van der Waals surface area (Å²) in [6.45, 7) is 4.61. The highest BCUT2D eigenvalue weighted by Crippen LogP contribution is 2.43. The van der Waals surface area contributed by atoms with Crippen molar-refractivity contribution in [3.05, 3.63) is 71.8 Å². The normalized spacial score (nSPS) is 12.1. The fraction of sp³-hybridized carbons (Fsp3) is 0.375. The van der Waals surface area contributed by atoms with Crippen molar-refractivity contribution in [1.29, 1.82) is 0 Å². The molecule has 32 heavy (non-hydrogen) atoms. The van der Waals surface area contributed by atoms with Gasteiger partial charge in [0, 0.05) is 0 Å². The van der Waals surface area contributed by atoms with Crippen LogP contribution in [0.4, 0.5) is 0 Å². The van der Waals surface area contributed by atoms with Crippen molar-refractivity contribution < 1.29 is 0 Å². The van der Waals surface area contributed by atoms with Crippen molar-refractivity contribution >= 4 is 43.1 Å². The Morgan fingerprint density at radius 3 is 1.78 bits per heavy atom. The Morgan fingerprint density at radius 1 is 0.500 bits per heavy atom. The molecule has 0 aliphatic carbocycles. The fourth-order valence-electron chi connectivity index (χ4n) is 5.83. The fourth-order valence-corrected chi connectivity index (χ4v) is 5.83. The summed E-state index contributed by atoms with van der Waals surface area (Å²) in [4.78, 5) is 0. The molecule has 0 aromatic heterocycles. The Bertz CT molecular complexity index is 1340. The maximum absolute atomic E-state index is 2.54. The van der Waals surface area contributed by atoms with Gasteiger partial charge in [-0.1, -0.05) is 113 Å². The third-order valence-electron chi connectivity index (χ3n) is 7.41. The first kappa shape index (κ1) is 21.3. The molecule has 5 aromatic carbocycles. The van der Waals surface area contributed by atoms with Gasteiger partial charge in [-0.3, -0.25) is 0 Å². The largest absolute Gasteiger partial charge is 0.0654 e. The van der Waals surface area contributed by atoms with E-state index in [1.54, 1.807) is 16.5 Å². The maximum Gasteiger partial charge on any atom is -0.00234 e. The maximum atomic E-state index is 2.54. The van der Waals surface area contributed by atoms with Crippen LogP contribution in [0, 0.1) is 0 Å². The van der Waals surface area contributed by atoms with E-state index in [4.69, 9.17) is 0 Å². The summed E-state index contributed by atoms with van der Waals surface area (Å²) in [5.74, 6) is 0. The summed E-state index contributed by atoms with van der Waals surface area (Å²) in [6, 6.07) is 23.2. The van der Waals surface area contributed by atoms with Crippen molar-refractivity contribution in [3.8, 4) is 0 Å². The van der Waals surface area contributed by atoms with E-state index < -0.39 is 0 Å². The van der Waals surface area contributed by atoms with E-state index in [9.17, 15) is 0 Å². The molecule has 0 N–H and O–H groups in total. The van der Waals surface area contributed by atoms with Crippen LogP contribution in [0.1, 0.15) is 76.3 Å². The molecule has 0 amide bonds. The van der Waals surface area contributed by atoms with Crippen LogP contribution in [0.2, 0.25) is 0 Å². The minimum absolute atomic E-state index is 1.21. The molecular weight excluding hydrogens is 384 g/mol. The highest BCUT2D eigenvalue weighted by atomic mass is 14.2. The second-order valence-corrected chi connectivity index (χ2v) is 9.62. The predicted octanol–water partition coefficient (Wildman–Crippen LogP) is 9.98. The Hall–Kier alpha value is -2.60.